The van der Waals surface area contributed by atoms with E-state index in [0.717, 1.165) is 12.2 Å². The average molecular weight is 390 g/mol. The number of pyridine rings is 1. The first-order valence-corrected chi connectivity index (χ1v) is 8.45. The van der Waals surface area contributed by atoms with Gasteiger partial charge in [-0.05, 0) is 25.1 Å². The third-order valence-electron chi connectivity index (χ3n) is 3.35. The summed E-state index contributed by atoms with van der Waals surface area (Å²) >= 11 is 0. The van der Waals surface area contributed by atoms with Gasteiger partial charge in [-0.3, -0.25) is 9.59 Å². The number of nitrogens with zero attached hydrogens (tertiary/aromatic N) is 1. The van der Waals surface area contributed by atoms with Crippen molar-refractivity contribution in [2.75, 3.05) is 19.7 Å². The number of ether oxygens (including phenoxy) is 2. The molecule has 0 spiro atoms. The zero-order chi connectivity index (χ0) is 21.1. The first kappa shape index (κ1) is 22.6. The minimum Gasteiger partial charge on any atom is -0.460 e. The third kappa shape index (κ3) is 7.81. The van der Waals surface area contributed by atoms with Gasteiger partial charge in [-0.1, -0.05) is 13.2 Å². The van der Waals surface area contributed by atoms with Crippen LogP contribution in [0.5, 0.6) is 0 Å². The van der Waals surface area contributed by atoms with Crippen LogP contribution in [0.2, 0.25) is 0 Å². The quantitative estimate of drug-likeness (QED) is 0.248. The van der Waals surface area contributed by atoms with Crippen molar-refractivity contribution in [3.05, 3.63) is 54.9 Å². The highest BCUT2D eigenvalue weighted by Gasteiger charge is 2.20. The molecule has 28 heavy (non-hydrogen) atoms. The van der Waals surface area contributed by atoms with Crippen LogP contribution in [0.25, 0.3) is 0 Å². The highest BCUT2D eigenvalue weighted by atomic mass is 16.5. The minimum atomic E-state index is -0.649. The van der Waals surface area contributed by atoms with E-state index in [9.17, 15) is 19.2 Å². The monoisotopic (exact) mass is 390 g/mol. The number of rotatable bonds is 10. The normalized spacial score (nSPS) is 10.9. The summed E-state index contributed by atoms with van der Waals surface area (Å²) in [6, 6.07) is 1.35. The van der Waals surface area contributed by atoms with Crippen LogP contribution in [0.1, 0.15) is 27.6 Å². The maximum Gasteiger partial charge on any atom is 0.344 e. The molecule has 0 aliphatic heterocycles. The van der Waals surface area contributed by atoms with Gasteiger partial charge in [-0.25, -0.2) is 14.2 Å². The molecule has 1 atom stereocenters. The van der Waals surface area contributed by atoms with Crippen LogP contribution in [-0.2, 0) is 26.1 Å². The number of carbonyl (C=O) groups is 4. The van der Waals surface area contributed by atoms with Crippen molar-refractivity contribution >= 4 is 23.8 Å². The van der Waals surface area contributed by atoms with Crippen molar-refractivity contribution in [2.45, 2.75) is 13.0 Å². The smallest absolute Gasteiger partial charge is 0.344 e. The zero-order valence-corrected chi connectivity index (χ0v) is 15.9. The van der Waals surface area contributed by atoms with E-state index >= 15 is 0 Å². The van der Waals surface area contributed by atoms with Gasteiger partial charge in [-0.15, -0.1) is 0 Å². The summed E-state index contributed by atoms with van der Waals surface area (Å²) in [7, 11) is 1.64. The molecule has 1 unspecified atom stereocenters. The molecule has 1 rings (SSSR count). The Morgan fingerprint density at radius 2 is 1.64 bits per heavy atom. The molecule has 2 amide bonds. The Bertz CT molecular complexity index is 775. The maximum absolute atomic E-state index is 12.3. The van der Waals surface area contributed by atoms with Gasteiger partial charge in [0.1, 0.15) is 30.9 Å². The molecule has 0 fully saturated rings. The third-order valence-corrected chi connectivity index (χ3v) is 3.35. The second-order valence-corrected chi connectivity index (χ2v) is 5.77. The largest absolute Gasteiger partial charge is 0.460 e. The highest BCUT2D eigenvalue weighted by Crippen LogP contribution is 2.07. The molecule has 9 nitrogen and oxygen atoms in total. The van der Waals surface area contributed by atoms with Crippen LogP contribution >= 0.6 is 0 Å². The molecular weight excluding hydrogens is 366 g/mol. The van der Waals surface area contributed by atoms with Gasteiger partial charge < -0.3 is 20.1 Å². The van der Waals surface area contributed by atoms with E-state index in [-0.39, 0.29) is 42.6 Å². The summed E-state index contributed by atoms with van der Waals surface area (Å²) in [6.07, 6.45) is 4.65. The summed E-state index contributed by atoms with van der Waals surface area (Å²) < 4.78 is 11.8. The second kappa shape index (κ2) is 11.3. The second-order valence-electron chi connectivity index (χ2n) is 5.77. The molecule has 1 aromatic rings. The maximum atomic E-state index is 12.3. The number of carbonyl (C=O) groups excluding carboxylic acids is 4. The summed E-state index contributed by atoms with van der Waals surface area (Å²) in [5, 5.41) is 5.00. The van der Waals surface area contributed by atoms with Crippen LogP contribution in [0, 0.1) is 0 Å². The van der Waals surface area contributed by atoms with Gasteiger partial charge in [0, 0.05) is 0 Å². The molecule has 0 saturated carbocycles. The van der Waals surface area contributed by atoms with Crippen molar-refractivity contribution in [1.29, 1.82) is 0 Å². The molecule has 2 N–H and O–H groups in total. The fourth-order valence-corrected chi connectivity index (χ4v) is 2.02. The highest BCUT2D eigenvalue weighted by molar-refractivity contribution is 5.94. The van der Waals surface area contributed by atoms with E-state index in [0.29, 0.717) is 0 Å². The molecule has 9 heteroatoms. The lowest BCUT2D eigenvalue weighted by atomic mass is 10.2. The first-order chi connectivity index (χ1) is 13.3. The molecule has 0 aliphatic carbocycles. The van der Waals surface area contributed by atoms with Crippen LogP contribution in [0.15, 0.2) is 43.8 Å². The number of nitrogens with one attached hydrogen (secondary N) is 2. The molecule has 0 radical (unpaired) electrons. The molecule has 0 aromatic carbocycles. The van der Waals surface area contributed by atoms with Gasteiger partial charge in [0.15, 0.2) is 12.4 Å². The molecule has 0 bridgehead atoms. The number of esters is 2. The molecular formula is C19H24N3O6+. The van der Waals surface area contributed by atoms with Crippen LogP contribution in [0.4, 0.5) is 0 Å². The molecule has 1 heterocycles. The van der Waals surface area contributed by atoms with Crippen molar-refractivity contribution < 1.29 is 33.2 Å². The summed E-state index contributed by atoms with van der Waals surface area (Å²) in [5.41, 5.74) is 0.304. The Labute approximate surface area is 163 Å². The molecule has 150 valence electrons. The van der Waals surface area contributed by atoms with Crippen molar-refractivity contribution in [2.24, 2.45) is 7.05 Å². The predicted molar refractivity (Wildman–Crippen MR) is 99.2 cm³/mol. The summed E-state index contributed by atoms with van der Waals surface area (Å²) in [6.45, 7) is 8.50. The average Bonchev–Trinajstić information content (AvgIpc) is 2.68. The van der Waals surface area contributed by atoms with Gasteiger partial charge >= 0.3 is 11.9 Å². The zero-order valence-electron chi connectivity index (χ0n) is 15.9. The molecule has 0 saturated heterocycles. The lowest BCUT2D eigenvalue weighted by Crippen LogP contribution is -2.34. The lowest BCUT2D eigenvalue weighted by molar-refractivity contribution is -0.671. The van der Waals surface area contributed by atoms with E-state index < -0.39 is 18.0 Å². The standard InChI is InChI=1S/C19H23N3O6/c1-5-16(23)20-7-8-27-18(25)14-9-15(12-22(4)11-14)19(26)28-13(3)10-21-17(24)6-2/h5-6,9,11-13H,1-2,7-8,10H2,3-4H3,(H-,20,21,23,24)/p+1. The summed E-state index contributed by atoms with van der Waals surface area (Å²) in [5.74, 6) is -2.04. The minimum absolute atomic E-state index is 0.0309. The van der Waals surface area contributed by atoms with Crippen molar-refractivity contribution in [3.8, 4) is 0 Å². The number of aromatic nitrogens is 1. The van der Waals surface area contributed by atoms with Gasteiger partial charge in [0.25, 0.3) is 0 Å². The van der Waals surface area contributed by atoms with Crippen LogP contribution in [-0.4, -0.2) is 49.6 Å². The Morgan fingerprint density at radius 1 is 1.07 bits per heavy atom. The number of aryl methyl sites for hydroxylation is 1. The number of hydrogen-bond acceptors (Lipinski definition) is 6. The Kier molecular flexibility index (Phi) is 9.08. The van der Waals surface area contributed by atoms with Gasteiger partial charge in [-0.2, -0.15) is 0 Å². The van der Waals surface area contributed by atoms with E-state index in [1.165, 1.54) is 23.0 Å². The molecule has 1 aromatic heterocycles. The van der Waals surface area contributed by atoms with E-state index in [2.05, 4.69) is 23.8 Å². The lowest BCUT2D eigenvalue weighted by Gasteiger charge is -2.13. The topological polar surface area (TPSA) is 115 Å². The van der Waals surface area contributed by atoms with E-state index in [1.807, 2.05) is 0 Å². The van der Waals surface area contributed by atoms with Gasteiger partial charge in [0.05, 0.1) is 13.1 Å². The fourth-order valence-electron chi connectivity index (χ4n) is 2.02. The SMILES string of the molecule is C=CC(=O)NCCOC(=O)c1cc(C(=O)OC(C)CNC(=O)C=C)c[n+](C)c1. The number of hydrogen-bond donors (Lipinski definition) is 2. The Balaban J connectivity index is 2.67. The van der Waals surface area contributed by atoms with Crippen LogP contribution in [0.3, 0.4) is 0 Å². The van der Waals surface area contributed by atoms with E-state index in [1.54, 1.807) is 14.0 Å². The predicted octanol–water partition coefficient (Wildman–Crippen LogP) is -0.182. The first-order valence-electron chi connectivity index (χ1n) is 8.45. The molecule has 0 aliphatic rings. The Hall–Kier alpha value is -3.49. The van der Waals surface area contributed by atoms with Crippen molar-refractivity contribution in [3.63, 3.8) is 0 Å². The van der Waals surface area contributed by atoms with E-state index in [4.69, 9.17) is 9.47 Å². The van der Waals surface area contributed by atoms with Crippen molar-refractivity contribution in [1.82, 2.24) is 10.6 Å². The van der Waals surface area contributed by atoms with Crippen LogP contribution < -0.4 is 15.2 Å². The Morgan fingerprint density at radius 3 is 2.25 bits per heavy atom. The fraction of sp³-hybridized carbons (Fsp3) is 0.316. The van der Waals surface area contributed by atoms with Gasteiger partial charge in [0.2, 0.25) is 11.8 Å². The summed E-state index contributed by atoms with van der Waals surface area (Å²) in [4.78, 5) is 46.6. The number of amides is 2.